The fourth-order valence-corrected chi connectivity index (χ4v) is 1.18. The molecule has 3 N–H and O–H groups in total. The van der Waals surface area contributed by atoms with Gasteiger partial charge in [-0.1, -0.05) is 12.1 Å². The molecule has 1 aliphatic heterocycles. The Bertz CT molecular complexity index is 404. The molecule has 6 heteroatoms. The summed E-state index contributed by atoms with van der Waals surface area (Å²) in [7, 11) is 0. The first-order valence-electron chi connectivity index (χ1n) is 4.90. The first-order chi connectivity index (χ1) is 8.13. The molecule has 90 valence electrons. The maximum atomic E-state index is 10.5. The van der Waals surface area contributed by atoms with Crippen molar-refractivity contribution < 1.29 is 19.8 Å². The number of rotatable bonds is 2. The van der Waals surface area contributed by atoms with Gasteiger partial charge in [0.05, 0.1) is 24.0 Å². The second-order valence-corrected chi connectivity index (χ2v) is 3.15. The number of hydrogen-bond donors (Lipinski definition) is 3. The molecule has 0 fully saturated rings. The van der Waals surface area contributed by atoms with E-state index in [-0.39, 0.29) is 11.1 Å². The van der Waals surface area contributed by atoms with Gasteiger partial charge < -0.3 is 15.5 Å². The van der Waals surface area contributed by atoms with Crippen LogP contribution < -0.4 is 5.32 Å². The van der Waals surface area contributed by atoms with Crippen molar-refractivity contribution in [2.24, 2.45) is 4.99 Å². The lowest BCUT2D eigenvalue weighted by atomic mass is 10.1. The predicted octanol–water partition coefficient (Wildman–Crippen LogP) is 0.701. The number of aromatic carboxylic acids is 2. The first-order valence-corrected chi connectivity index (χ1v) is 4.90. The molecule has 0 unspecified atom stereocenters. The van der Waals surface area contributed by atoms with E-state index in [9.17, 15) is 9.59 Å². The third kappa shape index (κ3) is 3.94. The fraction of sp³-hybridized carbons (Fsp3) is 0.182. The van der Waals surface area contributed by atoms with Gasteiger partial charge in [-0.2, -0.15) is 0 Å². The van der Waals surface area contributed by atoms with Gasteiger partial charge in [-0.15, -0.1) is 0 Å². The molecule has 0 saturated carbocycles. The molecule has 1 heterocycles. The van der Waals surface area contributed by atoms with Crippen LogP contribution in [0.4, 0.5) is 0 Å². The molecule has 1 aliphatic rings. The minimum atomic E-state index is -1.23. The topological polar surface area (TPSA) is 99.0 Å². The summed E-state index contributed by atoms with van der Waals surface area (Å²) >= 11 is 0. The molecular weight excluding hydrogens is 224 g/mol. The second kappa shape index (κ2) is 6.26. The third-order valence-electron chi connectivity index (χ3n) is 1.96. The third-order valence-corrected chi connectivity index (χ3v) is 1.96. The van der Waals surface area contributed by atoms with Crippen molar-refractivity contribution >= 4 is 18.3 Å². The minimum absolute atomic E-state index is 0.190. The lowest BCUT2D eigenvalue weighted by Gasteiger charge is -1.98. The van der Waals surface area contributed by atoms with Crippen molar-refractivity contribution in [1.82, 2.24) is 5.32 Å². The lowest BCUT2D eigenvalue weighted by molar-refractivity contribution is 0.0651. The zero-order valence-electron chi connectivity index (χ0n) is 8.96. The predicted molar refractivity (Wildman–Crippen MR) is 61.7 cm³/mol. The average molecular weight is 236 g/mol. The number of nitrogens with zero attached hydrogens (tertiary/aromatic N) is 1. The quantitative estimate of drug-likeness (QED) is 0.702. The van der Waals surface area contributed by atoms with Gasteiger partial charge in [-0.25, -0.2) is 9.59 Å². The molecule has 17 heavy (non-hydrogen) atoms. The number of aliphatic imine (C=N–C) groups is 1. The highest BCUT2D eigenvalue weighted by molar-refractivity contribution is 6.01. The Kier molecular flexibility index (Phi) is 4.68. The van der Waals surface area contributed by atoms with Gasteiger partial charge in [0.15, 0.2) is 0 Å². The smallest absolute Gasteiger partial charge is 0.336 e. The van der Waals surface area contributed by atoms with Gasteiger partial charge in [0.2, 0.25) is 0 Å². The Morgan fingerprint density at radius 1 is 1.12 bits per heavy atom. The molecule has 0 bridgehead atoms. The molecule has 2 rings (SSSR count). The summed E-state index contributed by atoms with van der Waals surface area (Å²) in [6, 6.07) is 5.48. The Labute approximate surface area is 97.6 Å². The molecule has 0 saturated heterocycles. The lowest BCUT2D eigenvalue weighted by Crippen LogP contribution is -2.06. The maximum absolute atomic E-state index is 10.5. The molecular formula is C11H12N2O4. The van der Waals surface area contributed by atoms with Gasteiger partial charge in [-0.05, 0) is 12.1 Å². The van der Waals surface area contributed by atoms with Crippen LogP contribution in [0.3, 0.4) is 0 Å². The normalized spacial score (nSPS) is 12.2. The summed E-state index contributed by atoms with van der Waals surface area (Å²) < 4.78 is 0. The standard InChI is InChI=1S/C8H6O4.C3H6N2/c9-7(10)5-3-1-2-4-6(5)8(11)12;1-2-5-3-4-1/h1-4H,(H,9,10)(H,11,12);3H,1-2H2,(H,4,5). The van der Waals surface area contributed by atoms with E-state index in [1.807, 2.05) is 0 Å². The number of benzene rings is 1. The number of nitrogens with one attached hydrogen (secondary N) is 1. The van der Waals surface area contributed by atoms with E-state index in [0.29, 0.717) is 0 Å². The van der Waals surface area contributed by atoms with Crippen LogP contribution in [0.2, 0.25) is 0 Å². The summed E-state index contributed by atoms with van der Waals surface area (Å²) in [5.41, 5.74) is -0.380. The molecule has 0 spiro atoms. The Morgan fingerprint density at radius 3 is 1.88 bits per heavy atom. The number of hydrogen-bond acceptors (Lipinski definition) is 4. The molecule has 0 radical (unpaired) electrons. The van der Waals surface area contributed by atoms with E-state index in [1.54, 1.807) is 6.34 Å². The van der Waals surface area contributed by atoms with Crippen LogP contribution in [-0.2, 0) is 0 Å². The van der Waals surface area contributed by atoms with E-state index in [0.717, 1.165) is 13.1 Å². The Morgan fingerprint density at radius 2 is 1.65 bits per heavy atom. The largest absolute Gasteiger partial charge is 0.478 e. The second-order valence-electron chi connectivity index (χ2n) is 3.15. The highest BCUT2D eigenvalue weighted by Gasteiger charge is 2.13. The van der Waals surface area contributed by atoms with Crippen LogP contribution in [0.15, 0.2) is 29.3 Å². The van der Waals surface area contributed by atoms with E-state index >= 15 is 0 Å². The first kappa shape index (κ1) is 12.7. The fourth-order valence-electron chi connectivity index (χ4n) is 1.18. The Balaban J connectivity index is 0.000000239. The number of carboxylic acid groups (broad SMARTS) is 2. The van der Waals surface area contributed by atoms with E-state index in [4.69, 9.17) is 10.2 Å². The summed E-state index contributed by atoms with van der Waals surface area (Å²) in [5.74, 6) is -2.46. The molecule has 0 amide bonds. The molecule has 0 atom stereocenters. The van der Waals surface area contributed by atoms with Crippen LogP contribution in [0.5, 0.6) is 0 Å². The highest BCUT2D eigenvalue weighted by Crippen LogP contribution is 2.07. The summed E-state index contributed by atoms with van der Waals surface area (Å²) in [6.45, 7) is 1.99. The van der Waals surface area contributed by atoms with Crippen molar-refractivity contribution in [3.8, 4) is 0 Å². The summed E-state index contributed by atoms with van der Waals surface area (Å²) in [5, 5.41) is 20.0. The maximum Gasteiger partial charge on any atom is 0.336 e. The van der Waals surface area contributed by atoms with Crippen molar-refractivity contribution in [3.05, 3.63) is 35.4 Å². The van der Waals surface area contributed by atoms with Crippen molar-refractivity contribution in [2.75, 3.05) is 13.1 Å². The van der Waals surface area contributed by atoms with Crippen molar-refractivity contribution in [2.45, 2.75) is 0 Å². The van der Waals surface area contributed by atoms with E-state index in [2.05, 4.69) is 10.3 Å². The van der Waals surface area contributed by atoms with Crippen molar-refractivity contribution in [3.63, 3.8) is 0 Å². The molecule has 1 aromatic carbocycles. The van der Waals surface area contributed by atoms with Gasteiger partial charge in [0, 0.05) is 6.54 Å². The van der Waals surface area contributed by atoms with Crippen molar-refractivity contribution in [1.29, 1.82) is 0 Å². The number of carboxylic acids is 2. The van der Waals surface area contributed by atoms with Crippen LogP contribution in [0.25, 0.3) is 0 Å². The van der Waals surface area contributed by atoms with Gasteiger partial charge in [0.1, 0.15) is 0 Å². The van der Waals surface area contributed by atoms with Gasteiger partial charge in [0.25, 0.3) is 0 Å². The SMILES string of the molecule is C1=NCCN1.O=C(O)c1ccccc1C(=O)O. The van der Waals surface area contributed by atoms with Crippen LogP contribution in [0.1, 0.15) is 20.7 Å². The van der Waals surface area contributed by atoms with Gasteiger partial charge in [-0.3, -0.25) is 4.99 Å². The van der Waals surface area contributed by atoms with Crippen LogP contribution >= 0.6 is 0 Å². The average Bonchev–Trinajstić information content (AvgIpc) is 2.87. The van der Waals surface area contributed by atoms with Crippen LogP contribution in [-0.4, -0.2) is 41.6 Å². The van der Waals surface area contributed by atoms with Gasteiger partial charge >= 0.3 is 11.9 Å². The molecule has 6 nitrogen and oxygen atoms in total. The molecule has 1 aromatic rings. The van der Waals surface area contributed by atoms with E-state index in [1.165, 1.54) is 24.3 Å². The monoisotopic (exact) mass is 236 g/mol. The molecule has 0 aromatic heterocycles. The zero-order chi connectivity index (χ0) is 12.7. The minimum Gasteiger partial charge on any atom is -0.478 e. The molecule has 0 aliphatic carbocycles. The van der Waals surface area contributed by atoms with Crippen LogP contribution in [0, 0.1) is 0 Å². The number of carbonyl (C=O) groups is 2. The summed E-state index contributed by atoms with van der Waals surface area (Å²) in [6.07, 6.45) is 1.74. The Hall–Kier alpha value is -2.37. The summed E-state index contributed by atoms with van der Waals surface area (Å²) in [4.78, 5) is 24.8. The van der Waals surface area contributed by atoms with E-state index < -0.39 is 11.9 Å². The highest BCUT2D eigenvalue weighted by atomic mass is 16.4. The zero-order valence-corrected chi connectivity index (χ0v) is 8.96.